The summed E-state index contributed by atoms with van der Waals surface area (Å²) in [6.07, 6.45) is 8.16. The van der Waals surface area contributed by atoms with Crippen molar-refractivity contribution in [2.24, 2.45) is 0 Å². The summed E-state index contributed by atoms with van der Waals surface area (Å²) in [6.45, 7) is 3.64. The van der Waals surface area contributed by atoms with E-state index in [-0.39, 0.29) is 5.60 Å². The van der Waals surface area contributed by atoms with Crippen LogP contribution in [0.4, 0.5) is 0 Å². The zero-order valence-electron chi connectivity index (χ0n) is 6.47. The van der Waals surface area contributed by atoms with Gasteiger partial charge < -0.3 is 5.11 Å². The highest BCUT2D eigenvalue weighted by molar-refractivity contribution is 4.86. The highest BCUT2D eigenvalue weighted by Gasteiger charge is 2.29. The summed E-state index contributed by atoms with van der Waals surface area (Å²) in [7, 11) is 0. The van der Waals surface area contributed by atoms with Crippen molar-refractivity contribution in [1.82, 2.24) is 0 Å². The zero-order chi connectivity index (χ0) is 7.45. The largest absolute Gasteiger partial charge is 0.390 e. The second-order valence-corrected chi connectivity index (χ2v) is 3.26. The Balaban J connectivity index is 2.28. The molecular formula is C9H16O. The number of hydrogen-bond donors (Lipinski definition) is 1. The first-order valence-electron chi connectivity index (χ1n) is 4.10. The third kappa shape index (κ3) is 1.84. The SMILES string of the molecule is C=CCCC1(O)CCCC1. The van der Waals surface area contributed by atoms with E-state index in [9.17, 15) is 5.11 Å². The molecule has 1 rings (SSSR count). The minimum Gasteiger partial charge on any atom is -0.390 e. The van der Waals surface area contributed by atoms with Crippen molar-refractivity contribution < 1.29 is 5.11 Å². The van der Waals surface area contributed by atoms with Crippen LogP contribution in [0.25, 0.3) is 0 Å². The number of aliphatic hydroxyl groups is 1. The molecule has 1 fully saturated rings. The normalized spacial score (nSPS) is 22.9. The Hall–Kier alpha value is -0.300. The molecule has 0 aliphatic heterocycles. The first-order chi connectivity index (χ1) is 4.77. The van der Waals surface area contributed by atoms with Crippen molar-refractivity contribution >= 4 is 0 Å². The fourth-order valence-corrected chi connectivity index (χ4v) is 1.65. The van der Waals surface area contributed by atoms with E-state index in [1.54, 1.807) is 0 Å². The highest BCUT2D eigenvalue weighted by Crippen LogP contribution is 2.33. The van der Waals surface area contributed by atoms with E-state index in [4.69, 9.17) is 0 Å². The third-order valence-electron chi connectivity index (χ3n) is 2.35. The second kappa shape index (κ2) is 3.20. The van der Waals surface area contributed by atoms with Crippen molar-refractivity contribution in [3.05, 3.63) is 12.7 Å². The molecule has 1 heteroatoms. The third-order valence-corrected chi connectivity index (χ3v) is 2.35. The molecule has 0 aromatic heterocycles. The van der Waals surface area contributed by atoms with Crippen molar-refractivity contribution in [2.45, 2.75) is 44.1 Å². The molecule has 0 atom stereocenters. The predicted octanol–water partition coefficient (Wildman–Crippen LogP) is 2.26. The maximum atomic E-state index is 9.77. The van der Waals surface area contributed by atoms with Crippen molar-refractivity contribution in [3.8, 4) is 0 Å². The van der Waals surface area contributed by atoms with E-state index >= 15 is 0 Å². The Kier molecular flexibility index (Phi) is 2.50. The van der Waals surface area contributed by atoms with Crippen LogP contribution in [-0.2, 0) is 0 Å². The van der Waals surface area contributed by atoms with Crippen LogP contribution in [0.15, 0.2) is 12.7 Å². The summed E-state index contributed by atoms with van der Waals surface area (Å²) >= 11 is 0. The second-order valence-electron chi connectivity index (χ2n) is 3.26. The molecule has 10 heavy (non-hydrogen) atoms. The van der Waals surface area contributed by atoms with Gasteiger partial charge in [0.05, 0.1) is 5.60 Å². The van der Waals surface area contributed by atoms with Gasteiger partial charge in [0.15, 0.2) is 0 Å². The van der Waals surface area contributed by atoms with E-state index in [1.807, 2.05) is 6.08 Å². The van der Waals surface area contributed by atoms with Gasteiger partial charge >= 0.3 is 0 Å². The molecular weight excluding hydrogens is 124 g/mol. The molecule has 1 saturated carbocycles. The van der Waals surface area contributed by atoms with E-state index < -0.39 is 0 Å². The highest BCUT2D eigenvalue weighted by atomic mass is 16.3. The van der Waals surface area contributed by atoms with Gasteiger partial charge in [0.2, 0.25) is 0 Å². The predicted molar refractivity (Wildman–Crippen MR) is 42.8 cm³/mol. The van der Waals surface area contributed by atoms with Crippen LogP contribution in [-0.4, -0.2) is 10.7 Å². The molecule has 0 amide bonds. The number of allylic oxidation sites excluding steroid dienone is 1. The molecule has 0 heterocycles. The minimum atomic E-state index is -0.325. The van der Waals surface area contributed by atoms with Gasteiger partial charge in [-0.05, 0) is 25.7 Å². The summed E-state index contributed by atoms with van der Waals surface area (Å²) < 4.78 is 0. The molecule has 1 aliphatic rings. The van der Waals surface area contributed by atoms with Crippen LogP contribution in [0.1, 0.15) is 38.5 Å². The molecule has 0 saturated heterocycles. The fourth-order valence-electron chi connectivity index (χ4n) is 1.65. The fraction of sp³-hybridized carbons (Fsp3) is 0.778. The van der Waals surface area contributed by atoms with Crippen LogP contribution >= 0.6 is 0 Å². The average Bonchev–Trinajstić information content (AvgIpc) is 2.33. The molecule has 0 bridgehead atoms. The molecule has 0 spiro atoms. The monoisotopic (exact) mass is 140 g/mol. The minimum absolute atomic E-state index is 0.325. The average molecular weight is 140 g/mol. The molecule has 0 aromatic rings. The Labute approximate surface area is 62.8 Å². The van der Waals surface area contributed by atoms with Crippen LogP contribution in [0.3, 0.4) is 0 Å². The van der Waals surface area contributed by atoms with Gasteiger partial charge in [-0.15, -0.1) is 6.58 Å². The van der Waals surface area contributed by atoms with Crippen molar-refractivity contribution in [2.75, 3.05) is 0 Å². The lowest BCUT2D eigenvalue weighted by molar-refractivity contribution is 0.0398. The standard InChI is InChI=1S/C9H16O/c1-2-3-6-9(10)7-4-5-8-9/h2,10H,1,3-8H2. The summed E-state index contributed by atoms with van der Waals surface area (Å²) in [5, 5.41) is 9.77. The number of rotatable bonds is 3. The summed E-state index contributed by atoms with van der Waals surface area (Å²) in [4.78, 5) is 0. The Morgan fingerprint density at radius 3 is 2.50 bits per heavy atom. The maximum Gasteiger partial charge on any atom is 0.0650 e. The van der Waals surface area contributed by atoms with Gasteiger partial charge in [-0.1, -0.05) is 18.9 Å². The van der Waals surface area contributed by atoms with Crippen LogP contribution in [0, 0.1) is 0 Å². The molecule has 58 valence electrons. The van der Waals surface area contributed by atoms with E-state index in [2.05, 4.69) is 6.58 Å². The first-order valence-corrected chi connectivity index (χ1v) is 4.10. The zero-order valence-corrected chi connectivity index (χ0v) is 6.47. The summed E-state index contributed by atoms with van der Waals surface area (Å²) in [5.41, 5.74) is -0.325. The topological polar surface area (TPSA) is 20.2 Å². The summed E-state index contributed by atoms with van der Waals surface area (Å²) in [6, 6.07) is 0. The quantitative estimate of drug-likeness (QED) is 0.596. The van der Waals surface area contributed by atoms with Gasteiger partial charge in [-0.3, -0.25) is 0 Å². The maximum absolute atomic E-state index is 9.77. The molecule has 1 aliphatic carbocycles. The molecule has 0 radical (unpaired) electrons. The number of hydrogen-bond acceptors (Lipinski definition) is 1. The molecule has 1 N–H and O–H groups in total. The van der Waals surface area contributed by atoms with Gasteiger partial charge in [-0.2, -0.15) is 0 Å². The van der Waals surface area contributed by atoms with E-state index in [1.165, 1.54) is 12.8 Å². The van der Waals surface area contributed by atoms with Gasteiger partial charge in [0.1, 0.15) is 0 Å². The Bertz CT molecular complexity index is 112. The smallest absolute Gasteiger partial charge is 0.0650 e. The van der Waals surface area contributed by atoms with Gasteiger partial charge in [-0.25, -0.2) is 0 Å². The Morgan fingerprint density at radius 2 is 2.00 bits per heavy atom. The van der Waals surface area contributed by atoms with E-state index in [0.29, 0.717) is 0 Å². The van der Waals surface area contributed by atoms with Gasteiger partial charge in [0.25, 0.3) is 0 Å². The van der Waals surface area contributed by atoms with E-state index in [0.717, 1.165) is 25.7 Å². The lowest BCUT2D eigenvalue weighted by Crippen LogP contribution is -2.23. The van der Waals surface area contributed by atoms with Crippen LogP contribution in [0.2, 0.25) is 0 Å². The lowest BCUT2D eigenvalue weighted by atomic mass is 9.96. The van der Waals surface area contributed by atoms with Crippen molar-refractivity contribution in [3.63, 3.8) is 0 Å². The Morgan fingerprint density at radius 1 is 1.40 bits per heavy atom. The lowest BCUT2D eigenvalue weighted by Gasteiger charge is -2.20. The molecule has 0 unspecified atom stereocenters. The molecule has 1 nitrogen and oxygen atoms in total. The van der Waals surface area contributed by atoms with Crippen LogP contribution in [0.5, 0.6) is 0 Å². The van der Waals surface area contributed by atoms with Gasteiger partial charge in [0, 0.05) is 0 Å². The first kappa shape index (κ1) is 7.80. The van der Waals surface area contributed by atoms with Crippen LogP contribution < -0.4 is 0 Å². The summed E-state index contributed by atoms with van der Waals surface area (Å²) in [5.74, 6) is 0. The van der Waals surface area contributed by atoms with Crippen molar-refractivity contribution in [1.29, 1.82) is 0 Å². The molecule has 0 aromatic carbocycles.